The van der Waals surface area contributed by atoms with Gasteiger partial charge >= 0.3 is 12.4 Å². The summed E-state index contributed by atoms with van der Waals surface area (Å²) >= 11 is 3.01. The molecule has 1 aliphatic rings. The zero-order valence-corrected chi connectivity index (χ0v) is 12.5. The summed E-state index contributed by atoms with van der Waals surface area (Å²) in [6.07, 6.45) is -12.1. The van der Waals surface area contributed by atoms with E-state index in [0.29, 0.717) is 18.8 Å². The van der Waals surface area contributed by atoms with Gasteiger partial charge in [0, 0.05) is 5.33 Å². The second kappa shape index (κ2) is 6.42. The van der Waals surface area contributed by atoms with Crippen LogP contribution in [0.25, 0.3) is 0 Å². The van der Waals surface area contributed by atoms with Gasteiger partial charge in [-0.15, -0.1) is 0 Å². The molecule has 0 atom stereocenters. The Labute approximate surface area is 122 Å². The molecule has 120 valence electrons. The van der Waals surface area contributed by atoms with Crippen LogP contribution in [-0.4, -0.2) is 29.4 Å². The summed E-state index contributed by atoms with van der Waals surface area (Å²) in [5.74, 6) is 0.348. The summed E-state index contributed by atoms with van der Waals surface area (Å²) in [5, 5.41) is -0.0287. The summed E-state index contributed by atoms with van der Waals surface area (Å²) in [4.78, 5) is 0. The van der Waals surface area contributed by atoms with Gasteiger partial charge < -0.3 is 4.74 Å². The molecule has 1 saturated carbocycles. The van der Waals surface area contributed by atoms with Crippen molar-refractivity contribution in [2.75, 3.05) is 5.33 Å². The molecule has 1 aliphatic carbocycles. The molecule has 0 heterocycles. The fourth-order valence-electron chi connectivity index (χ4n) is 2.46. The molecular formula is C12H17BrF6O. The van der Waals surface area contributed by atoms with Crippen LogP contribution < -0.4 is 0 Å². The summed E-state index contributed by atoms with van der Waals surface area (Å²) in [6.45, 7) is 1.96. The zero-order valence-electron chi connectivity index (χ0n) is 11.0. The predicted octanol–water partition coefficient (Wildman–Crippen LogP) is 5.23. The smallest absolute Gasteiger partial charge is 0.353 e. The molecule has 0 aliphatic heterocycles. The van der Waals surface area contributed by atoms with Crippen molar-refractivity contribution in [2.24, 2.45) is 5.92 Å². The Bertz CT molecular complexity index is 292. The molecule has 0 aromatic carbocycles. The van der Waals surface area contributed by atoms with Crippen LogP contribution in [0.15, 0.2) is 0 Å². The van der Waals surface area contributed by atoms with E-state index >= 15 is 0 Å². The Hall–Kier alpha value is 0.0200. The normalized spacial score (nSPS) is 28.9. The molecule has 0 aromatic heterocycles. The Morgan fingerprint density at radius 3 is 1.85 bits per heavy atom. The standard InChI is InChI=1S/C12H17BrF6O/c1-2-8-3-5-10(7-13,6-4-8)20-9(11(14,15)16)12(17,18)19/h8-9H,2-7H2,1H3. The maximum Gasteiger partial charge on any atom is 0.423 e. The van der Waals surface area contributed by atoms with Crippen LogP contribution in [-0.2, 0) is 4.74 Å². The fourth-order valence-corrected chi connectivity index (χ4v) is 3.16. The number of hydrogen-bond donors (Lipinski definition) is 0. The van der Waals surface area contributed by atoms with Gasteiger partial charge in [-0.3, -0.25) is 0 Å². The average Bonchev–Trinajstić information content (AvgIpc) is 2.34. The van der Waals surface area contributed by atoms with Gasteiger partial charge in [-0.2, -0.15) is 26.3 Å². The molecule has 0 unspecified atom stereocenters. The summed E-state index contributed by atoms with van der Waals surface area (Å²) in [5.41, 5.74) is -1.39. The Kier molecular flexibility index (Phi) is 5.80. The van der Waals surface area contributed by atoms with Crippen molar-refractivity contribution in [3.63, 3.8) is 0 Å². The zero-order chi connectivity index (χ0) is 15.6. The average molecular weight is 371 g/mol. The molecule has 1 fully saturated rings. The third-order valence-corrected chi connectivity index (χ3v) is 4.82. The lowest BCUT2D eigenvalue weighted by molar-refractivity contribution is -0.345. The number of hydrogen-bond acceptors (Lipinski definition) is 1. The minimum Gasteiger partial charge on any atom is -0.353 e. The minimum absolute atomic E-state index is 0.0287. The molecule has 20 heavy (non-hydrogen) atoms. The first kappa shape index (κ1) is 18.1. The van der Waals surface area contributed by atoms with E-state index in [1.54, 1.807) is 0 Å². The molecule has 8 heteroatoms. The fraction of sp³-hybridized carbons (Fsp3) is 1.00. The Morgan fingerprint density at radius 1 is 1.10 bits per heavy atom. The summed E-state index contributed by atoms with van der Waals surface area (Å²) < 4.78 is 79.9. The van der Waals surface area contributed by atoms with E-state index in [2.05, 4.69) is 20.7 Å². The lowest BCUT2D eigenvalue weighted by Crippen LogP contribution is -2.52. The van der Waals surface area contributed by atoms with Crippen LogP contribution in [0.3, 0.4) is 0 Å². The molecule has 0 saturated heterocycles. The van der Waals surface area contributed by atoms with Crippen molar-refractivity contribution in [1.29, 1.82) is 0 Å². The van der Waals surface area contributed by atoms with Gasteiger partial charge in [0.15, 0.2) is 0 Å². The molecule has 1 rings (SSSR count). The lowest BCUT2D eigenvalue weighted by atomic mass is 9.78. The highest BCUT2D eigenvalue weighted by Gasteiger charge is 2.60. The van der Waals surface area contributed by atoms with E-state index in [1.807, 2.05) is 6.92 Å². The largest absolute Gasteiger partial charge is 0.423 e. The van der Waals surface area contributed by atoms with Crippen LogP contribution >= 0.6 is 15.9 Å². The van der Waals surface area contributed by atoms with Crippen molar-refractivity contribution < 1.29 is 31.1 Å². The summed E-state index contributed by atoms with van der Waals surface area (Å²) in [6, 6.07) is 0. The maximum atomic E-state index is 12.6. The van der Waals surface area contributed by atoms with Crippen LogP contribution in [0.1, 0.15) is 39.0 Å². The van der Waals surface area contributed by atoms with Gasteiger partial charge in [-0.25, -0.2) is 0 Å². The Morgan fingerprint density at radius 2 is 1.55 bits per heavy atom. The topological polar surface area (TPSA) is 9.23 Å². The third kappa shape index (κ3) is 4.51. The molecule has 0 N–H and O–H groups in total. The van der Waals surface area contributed by atoms with Crippen LogP contribution in [0.2, 0.25) is 0 Å². The van der Waals surface area contributed by atoms with E-state index in [9.17, 15) is 26.3 Å². The number of ether oxygens (including phenoxy) is 1. The molecule has 0 amide bonds. The maximum absolute atomic E-state index is 12.6. The van der Waals surface area contributed by atoms with E-state index in [4.69, 9.17) is 0 Å². The van der Waals surface area contributed by atoms with Gasteiger partial charge in [-0.1, -0.05) is 29.3 Å². The third-order valence-electron chi connectivity index (χ3n) is 3.80. The van der Waals surface area contributed by atoms with E-state index in [1.165, 1.54) is 0 Å². The molecule has 0 spiro atoms. The summed E-state index contributed by atoms with van der Waals surface area (Å²) in [7, 11) is 0. The number of rotatable bonds is 4. The highest BCUT2D eigenvalue weighted by molar-refractivity contribution is 9.09. The number of halogens is 7. The minimum atomic E-state index is -5.45. The monoisotopic (exact) mass is 370 g/mol. The first-order chi connectivity index (χ1) is 9.04. The van der Waals surface area contributed by atoms with Crippen molar-refractivity contribution in [3.8, 4) is 0 Å². The van der Waals surface area contributed by atoms with Crippen molar-refractivity contribution in [3.05, 3.63) is 0 Å². The predicted molar refractivity (Wildman–Crippen MR) is 65.8 cm³/mol. The van der Waals surface area contributed by atoms with Crippen molar-refractivity contribution in [1.82, 2.24) is 0 Å². The molecule has 0 aromatic rings. The highest BCUT2D eigenvalue weighted by atomic mass is 79.9. The molecule has 1 nitrogen and oxygen atoms in total. The molecular weight excluding hydrogens is 354 g/mol. The second-order valence-electron chi connectivity index (χ2n) is 5.25. The first-order valence-corrected chi connectivity index (χ1v) is 7.53. The molecule has 0 radical (unpaired) electrons. The van der Waals surface area contributed by atoms with Gasteiger partial charge in [0.1, 0.15) is 0 Å². The van der Waals surface area contributed by atoms with Gasteiger partial charge in [0.25, 0.3) is 0 Å². The van der Waals surface area contributed by atoms with E-state index < -0.39 is 24.1 Å². The van der Waals surface area contributed by atoms with E-state index in [-0.39, 0.29) is 18.2 Å². The first-order valence-electron chi connectivity index (χ1n) is 6.41. The Balaban J connectivity index is 2.85. The number of alkyl halides is 7. The lowest BCUT2D eigenvalue weighted by Gasteiger charge is -2.41. The van der Waals surface area contributed by atoms with Crippen LogP contribution in [0, 0.1) is 5.92 Å². The highest BCUT2D eigenvalue weighted by Crippen LogP contribution is 2.44. The van der Waals surface area contributed by atoms with Gasteiger partial charge in [0.05, 0.1) is 5.60 Å². The van der Waals surface area contributed by atoms with Crippen LogP contribution in [0.4, 0.5) is 26.3 Å². The van der Waals surface area contributed by atoms with Crippen molar-refractivity contribution in [2.45, 2.75) is 63.1 Å². The van der Waals surface area contributed by atoms with E-state index in [0.717, 1.165) is 6.42 Å². The SMILES string of the molecule is CCC1CCC(CBr)(OC(C(F)(F)F)C(F)(F)F)CC1. The quantitative estimate of drug-likeness (QED) is 0.486. The van der Waals surface area contributed by atoms with Crippen molar-refractivity contribution >= 4 is 15.9 Å². The van der Waals surface area contributed by atoms with Gasteiger partial charge in [-0.05, 0) is 31.6 Å². The van der Waals surface area contributed by atoms with Gasteiger partial charge in [0.2, 0.25) is 6.10 Å². The molecule has 0 bridgehead atoms. The van der Waals surface area contributed by atoms with Crippen LogP contribution in [0.5, 0.6) is 0 Å². The second-order valence-corrected chi connectivity index (χ2v) is 5.81.